The molecule has 1 aromatic carbocycles. The van der Waals surface area contributed by atoms with Gasteiger partial charge in [0.05, 0.1) is 22.9 Å². The number of hydrogen-bond acceptors (Lipinski definition) is 6. The van der Waals surface area contributed by atoms with E-state index in [1.54, 1.807) is 18.2 Å². The number of likely N-dealkylation sites (N-methyl/N-ethyl adjacent to an activating group) is 1. The Balaban J connectivity index is 0.00000225. The van der Waals surface area contributed by atoms with Crippen LogP contribution < -0.4 is 10.6 Å². The predicted octanol–water partition coefficient (Wildman–Crippen LogP) is 1.36. The molecule has 0 radical (unpaired) electrons. The summed E-state index contributed by atoms with van der Waals surface area (Å²) >= 11 is 6.19. The molecule has 1 amide bonds. The average Bonchev–Trinajstić information content (AvgIpc) is 3.11. The highest BCUT2D eigenvalue weighted by molar-refractivity contribution is 6.33. The Labute approximate surface area is 157 Å². The first-order valence-corrected chi connectivity index (χ1v) is 8.26. The van der Waals surface area contributed by atoms with E-state index < -0.39 is 0 Å². The molecule has 25 heavy (non-hydrogen) atoms. The maximum atomic E-state index is 12.3. The van der Waals surface area contributed by atoms with E-state index in [0.717, 1.165) is 31.6 Å². The van der Waals surface area contributed by atoms with Gasteiger partial charge in [-0.2, -0.15) is 0 Å². The van der Waals surface area contributed by atoms with Crippen LogP contribution in [-0.4, -0.2) is 63.7 Å². The molecule has 10 heteroatoms. The third kappa shape index (κ3) is 5.12. The van der Waals surface area contributed by atoms with E-state index in [1.165, 1.54) is 11.0 Å². The molecule has 2 heterocycles. The van der Waals surface area contributed by atoms with Crippen molar-refractivity contribution in [3.05, 3.63) is 29.5 Å². The number of carbonyl (C=O) groups excluding carboxylic acids is 1. The second kappa shape index (κ2) is 9.10. The van der Waals surface area contributed by atoms with Gasteiger partial charge in [-0.3, -0.25) is 9.69 Å². The summed E-state index contributed by atoms with van der Waals surface area (Å²) in [6.07, 6.45) is 3.73. The molecule has 1 saturated heterocycles. The van der Waals surface area contributed by atoms with E-state index in [1.807, 2.05) is 7.05 Å². The lowest BCUT2D eigenvalue weighted by molar-refractivity contribution is -0.117. The summed E-state index contributed by atoms with van der Waals surface area (Å²) < 4.78 is 1.51. The first kappa shape index (κ1) is 19.6. The van der Waals surface area contributed by atoms with Crippen molar-refractivity contribution in [2.24, 2.45) is 0 Å². The van der Waals surface area contributed by atoms with Gasteiger partial charge in [-0.05, 0) is 55.1 Å². The maximum absolute atomic E-state index is 12.3. The Hall–Kier alpha value is -1.74. The molecule has 8 nitrogen and oxygen atoms in total. The van der Waals surface area contributed by atoms with Gasteiger partial charge >= 0.3 is 0 Å². The Morgan fingerprint density at radius 1 is 1.44 bits per heavy atom. The lowest BCUT2D eigenvalue weighted by atomic mass is 10.1. The first-order valence-electron chi connectivity index (χ1n) is 7.88. The van der Waals surface area contributed by atoms with Crippen LogP contribution in [0, 0.1) is 0 Å². The van der Waals surface area contributed by atoms with Gasteiger partial charge in [0.15, 0.2) is 0 Å². The van der Waals surface area contributed by atoms with Gasteiger partial charge in [0.25, 0.3) is 0 Å². The number of carbonyl (C=O) groups is 1. The van der Waals surface area contributed by atoms with Crippen molar-refractivity contribution >= 4 is 35.6 Å². The molecule has 1 unspecified atom stereocenters. The molecule has 0 aliphatic carbocycles. The maximum Gasteiger partial charge on any atom is 0.238 e. The van der Waals surface area contributed by atoms with Crippen molar-refractivity contribution in [2.45, 2.75) is 18.9 Å². The van der Waals surface area contributed by atoms with Crippen LogP contribution in [0.5, 0.6) is 0 Å². The second-order valence-corrected chi connectivity index (χ2v) is 6.24. The first-order chi connectivity index (χ1) is 11.7. The number of hydrogen-bond donors (Lipinski definition) is 2. The summed E-state index contributed by atoms with van der Waals surface area (Å²) in [6, 6.07) is 5.70. The summed E-state index contributed by atoms with van der Waals surface area (Å²) in [6.45, 7) is 2.16. The highest BCUT2D eigenvalue weighted by atomic mass is 35.5. The largest absolute Gasteiger partial charge is 0.324 e. The van der Waals surface area contributed by atoms with Crippen LogP contribution in [0.1, 0.15) is 12.8 Å². The Morgan fingerprint density at radius 2 is 2.28 bits per heavy atom. The topological polar surface area (TPSA) is 88.0 Å². The second-order valence-electron chi connectivity index (χ2n) is 5.83. The number of halogens is 2. The zero-order valence-corrected chi connectivity index (χ0v) is 15.4. The highest BCUT2D eigenvalue weighted by Crippen LogP contribution is 2.24. The van der Waals surface area contributed by atoms with E-state index >= 15 is 0 Å². The van der Waals surface area contributed by atoms with Crippen LogP contribution >= 0.6 is 24.0 Å². The van der Waals surface area contributed by atoms with Gasteiger partial charge in [-0.25, -0.2) is 4.68 Å². The Kier molecular flexibility index (Phi) is 7.12. The summed E-state index contributed by atoms with van der Waals surface area (Å²) in [7, 11) is 1.96. The average molecular weight is 386 g/mol. The number of anilines is 1. The van der Waals surface area contributed by atoms with Crippen molar-refractivity contribution < 1.29 is 4.79 Å². The number of rotatable bonds is 5. The van der Waals surface area contributed by atoms with Gasteiger partial charge in [-0.1, -0.05) is 11.6 Å². The molecule has 1 atom stereocenters. The number of nitrogens with zero attached hydrogens (tertiary/aromatic N) is 5. The number of aromatic nitrogens is 4. The molecular formula is C15H21Cl2N7O. The van der Waals surface area contributed by atoms with Gasteiger partial charge < -0.3 is 10.6 Å². The molecule has 1 fully saturated rings. The monoisotopic (exact) mass is 385 g/mol. The summed E-state index contributed by atoms with van der Waals surface area (Å²) in [5.74, 6) is -0.0810. The van der Waals surface area contributed by atoms with Gasteiger partial charge in [0.2, 0.25) is 5.91 Å². The smallest absolute Gasteiger partial charge is 0.238 e. The molecule has 136 valence electrons. The molecule has 0 bridgehead atoms. The van der Waals surface area contributed by atoms with Crippen molar-refractivity contribution in [2.75, 3.05) is 32.0 Å². The number of nitrogens with one attached hydrogen (secondary N) is 2. The standard InChI is InChI=1S/C15H20ClN7O.ClH/c1-17-11-3-2-6-22(8-11)9-15(24)19-14-7-12(4-5-13(14)16)23-10-18-20-21-23;/h4-5,7,10-11,17H,2-3,6,8-9H2,1H3,(H,19,24);1H. The SMILES string of the molecule is CNC1CCCN(CC(=O)Nc2cc(-n3cnnn3)ccc2Cl)C1.Cl. The minimum atomic E-state index is -0.0810. The number of tetrazole rings is 1. The lowest BCUT2D eigenvalue weighted by Gasteiger charge is -2.31. The van der Waals surface area contributed by atoms with E-state index in [-0.39, 0.29) is 18.3 Å². The third-order valence-electron chi connectivity index (χ3n) is 4.12. The molecule has 0 saturated carbocycles. The predicted molar refractivity (Wildman–Crippen MR) is 98.6 cm³/mol. The van der Waals surface area contributed by atoms with Crippen LogP contribution in [0.4, 0.5) is 5.69 Å². The van der Waals surface area contributed by atoms with Gasteiger partial charge in [0.1, 0.15) is 6.33 Å². The van der Waals surface area contributed by atoms with Crippen molar-refractivity contribution in [1.82, 2.24) is 30.4 Å². The molecule has 0 spiro atoms. The van der Waals surface area contributed by atoms with E-state index in [2.05, 4.69) is 31.1 Å². The number of benzene rings is 1. The summed E-state index contributed by atoms with van der Waals surface area (Å²) in [4.78, 5) is 14.5. The number of amides is 1. The highest BCUT2D eigenvalue weighted by Gasteiger charge is 2.20. The van der Waals surface area contributed by atoms with Crippen LogP contribution in [0.3, 0.4) is 0 Å². The normalized spacial score (nSPS) is 17.8. The van der Waals surface area contributed by atoms with Crippen molar-refractivity contribution in [3.8, 4) is 5.69 Å². The minimum Gasteiger partial charge on any atom is -0.324 e. The molecule has 1 aliphatic rings. The van der Waals surface area contributed by atoms with E-state index in [4.69, 9.17) is 11.6 Å². The Morgan fingerprint density at radius 3 is 3.00 bits per heavy atom. The quantitative estimate of drug-likeness (QED) is 0.807. The zero-order chi connectivity index (χ0) is 16.9. The molecule has 2 aromatic rings. The zero-order valence-electron chi connectivity index (χ0n) is 13.9. The van der Waals surface area contributed by atoms with Crippen LogP contribution in [0.2, 0.25) is 5.02 Å². The van der Waals surface area contributed by atoms with Crippen LogP contribution in [0.15, 0.2) is 24.5 Å². The molecule has 2 N–H and O–H groups in total. The molecule has 1 aromatic heterocycles. The lowest BCUT2D eigenvalue weighted by Crippen LogP contribution is -2.46. The molecule has 3 rings (SSSR count). The number of likely N-dealkylation sites (tertiary alicyclic amines) is 1. The molecule has 1 aliphatic heterocycles. The Bertz CT molecular complexity index is 695. The minimum absolute atomic E-state index is 0. The number of piperidine rings is 1. The van der Waals surface area contributed by atoms with Crippen molar-refractivity contribution in [1.29, 1.82) is 0 Å². The fourth-order valence-electron chi connectivity index (χ4n) is 2.86. The fourth-order valence-corrected chi connectivity index (χ4v) is 3.02. The summed E-state index contributed by atoms with van der Waals surface area (Å²) in [5.41, 5.74) is 1.28. The van der Waals surface area contributed by atoms with Gasteiger partial charge in [-0.15, -0.1) is 17.5 Å². The molecular weight excluding hydrogens is 365 g/mol. The van der Waals surface area contributed by atoms with Gasteiger partial charge in [0, 0.05) is 12.6 Å². The fraction of sp³-hybridized carbons (Fsp3) is 0.467. The van der Waals surface area contributed by atoms with E-state index in [9.17, 15) is 4.79 Å². The van der Waals surface area contributed by atoms with Crippen LogP contribution in [0.25, 0.3) is 5.69 Å². The van der Waals surface area contributed by atoms with Crippen LogP contribution in [-0.2, 0) is 4.79 Å². The third-order valence-corrected chi connectivity index (χ3v) is 4.45. The summed E-state index contributed by atoms with van der Waals surface area (Å²) in [5, 5.41) is 17.7. The van der Waals surface area contributed by atoms with Crippen molar-refractivity contribution in [3.63, 3.8) is 0 Å². The van der Waals surface area contributed by atoms with E-state index in [0.29, 0.717) is 23.3 Å².